The van der Waals surface area contributed by atoms with Gasteiger partial charge in [-0.2, -0.15) is 4.98 Å². The van der Waals surface area contributed by atoms with E-state index in [4.69, 9.17) is 9.15 Å². The van der Waals surface area contributed by atoms with Gasteiger partial charge in [0.25, 0.3) is 6.01 Å². The lowest BCUT2D eigenvalue weighted by Gasteiger charge is -2.23. The summed E-state index contributed by atoms with van der Waals surface area (Å²) < 4.78 is 11.1. The fraction of sp³-hybridized carbons (Fsp3) is 0.348. The smallest absolute Gasteiger partial charge is 0.298 e. The zero-order valence-electron chi connectivity index (χ0n) is 16.6. The average molecular weight is 377 g/mol. The van der Waals surface area contributed by atoms with Crippen molar-refractivity contribution in [2.24, 2.45) is 0 Å². The zero-order valence-corrected chi connectivity index (χ0v) is 16.6. The summed E-state index contributed by atoms with van der Waals surface area (Å²) in [5.74, 6) is 0.858. The first-order valence-corrected chi connectivity index (χ1v) is 9.85. The maximum Gasteiger partial charge on any atom is 0.298 e. The molecule has 0 atom stereocenters. The highest BCUT2D eigenvalue weighted by atomic mass is 16.5. The number of hydrogen-bond acceptors (Lipinski definition) is 5. The zero-order chi connectivity index (χ0) is 19.3. The van der Waals surface area contributed by atoms with Crippen molar-refractivity contribution in [3.05, 3.63) is 71.6 Å². The number of rotatable bonds is 7. The number of hydrogen-bond donors (Lipinski definition) is 0. The molecule has 2 heterocycles. The molecule has 1 saturated heterocycles. The Kier molecular flexibility index (Phi) is 5.51. The summed E-state index contributed by atoms with van der Waals surface area (Å²) in [6.07, 6.45) is 4.26. The lowest BCUT2D eigenvalue weighted by molar-refractivity contribution is 0.414. The molecule has 0 aliphatic carbocycles. The lowest BCUT2D eigenvalue weighted by Crippen LogP contribution is -2.23. The van der Waals surface area contributed by atoms with Gasteiger partial charge in [-0.1, -0.05) is 24.3 Å². The van der Waals surface area contributed by atoms with E-state index >= 15 is 0 Å². The summed E-state index contributed by atoms with van der Waals surface area (Å²) in [6, 6.07) is 17.6. The fourth-order valence-electron chi connectivity index (χ4n) is 3.72. The van der Waals surface area contributed by atoms with Gasteiger partial charge in [0.2, 0.25) is 0 Å². The number of nitrogens with zero attached hydrogens (tertiary/aromatic N) is 3. The second-order valence-corrected chi connectivity index (χ2v) is 7.34. The normalized spacial score (nSPS) is 13.7. The maximum absolute atomic E-state index is 5.73. The first kappa shape index (κ1) is 18.4. The van der Waals surface area contributed by atoms with Crippen LogP contribution in [0.2, 0.25) is 0 Å². The molecule has 1 fully saturated rings. The van der Waals surface area contributed by atoms with E-state index in [1.54, 1.807) is 13.4 Å². The molecular weight excluding hydrogens is 350 g/mol. The maximum atomic E-state index is 5.73. The van der Waals surface area contributed by atoms with Crippen molar-refractivity contribution in [2.45, 2.75) is 32.9 Å². The monoisotopic (exact) mass is 377 g/mol. The van der Waals surface area contributed by atoms with E-state index in [9.17, 15) is 0 Å². The van der Waals surface area contributed by atoms with Crippen LogP contribution >= 0.6 is 0 Å². The molecule has 4 rings (SSSR count). The molecule has 5 nitrogen and oxygen atoms in total. The molecule has 1 aromatic heterocycles. The summed E-state index contributed by atoms with van der Waals surface area (Å²) in [5, 5.41) is 0. The minimum Gasteiger partial charge on any atom is -0.497 e. The minimum atomic E-state index is 0.645. The summed E-state index contributed by atoms with van der Waals surface area (Å²) >= 11 is 0. The molecule has 2 aromatic carbocycles. The SMILES string of the molecule is COc1cccc(CN(Cc2cccc(N3CCCC3)c2)c2nc(C)co2)c1. The molecular formula is C23H27N3O2. The van der Waals surface area contributed by atoms with Crippen LogP contribution in [0.1, 0.15) is 29.7 Å². The quantitative estimate of drug-likeness (QED) is 0.592. The third-order valence-corrected chi connectivity index (χ3v) is 5.14. The number of aromatic nitrogens is 1. The Morgan fingerprint density at radius 3 is 2.43 bits per heavy atom. The first-order valence-electron chi connectivity index (χ1n) is 9.85. The molecule has 5 heteroatoms. The van der Waals surface area contributed by atoms with E-state index in [-0.39, 0.29) is 0 Å². The molecule has 28 heavy (non-hydrogen) atoms. The van der Waals surface area contributed by atoms with Crippen molar-refractivity contribution in [3.63, 3.8) is 0 Å². The highest BCUT2D eigenvalue weighted by molar-refractivity contribution is 5.50. The molecule has 0 radical (unpaired) electrons. The molecule has 0 amide bonds. The van der Waals surface area contributed by atoms with Crippen LogP contribution in [0.4, 0.5) is 11.7 Å². The largest absolute Gasteiger partial charge is 0.497 e. The average Bonchev–Trinajstić information content (AvgIpc) is 3.40. The number of aryl methyl sites for hydroxylation is 1. The van der Waals surface area contributed by atoms with E-state index < -0.39 is 0 Å². The Hall–Kier alpha value is -2.95. The van der Waals surface area contributed by atoms with Crippen molar-refractivity contribution in [2.75, 3.05) is 30.0 Å². The summed E-state index contributed by atoms with van der Waals surface area (Å²) in [4.78, 5) is 9.20. The van der Waals surface area contributed by atoms with Crippen LogP contribution in [0, 0.1) is 6.92 Å². The Bertz CT molecular complexity index is 915. The number of methoxy groups -OCH3 is 1. The van der Waals surface area contributed by atoms with E-state index in [1.165, 1.54) is 24.1 Å². The fourth-order valence-corrected chi connectivity index (χ4v) is 3.72. The highest BCUT2D eigenvalue weighted by Gasteiger charge is 2.16. The Balaban J connectivity index is 1.58. The summed E-state index contributed by atoms with van der Waals surface area (Å²) in [7, 11) is 1.69. The molecule has 0 N–H and O–H groups in total. The molecule has 3 aromatic rings. The minimum absolute atomic E-state index is 0.645. The van der Waals surface area contributed by atoms with Crippen molar-refractivity contribution in [1.29, 1.82) is 0 Å². The first-order chi connectivity index (χ1) is 13.7. The lowest BCUT2D eigenvalue weighted by atomic mass is 10.1. The van der Waals surface area contributed by atoms with Gasteiger partial charge in [0.05, 0.1) is 12.8 Å². The molecule has 0 spiro atoms. The van der Waals surface area contributed by atoms with Crippen molar-refractivity contribution in [3.8, 4) is 5.75 Å². The van der Waals surface area contributed by atoms with Gasteiger partial charge in [-0.15, -0.1) is 0 Å². The van der Waals surface area contributed by atoms with Crippen LogP contribution < -0.4 is 14.5 Å². The van der Waals surface area contributed by atoms with Crippen molar-refractivity contribution >= 4 is 11.7 Å². The third-order valence-electron chi connectivity index (χ3n) is 5.14. The summed E-state index contributed by atoms with van der Waals surface area (Å²) in [6.45, 7) is 5.68. The Labute approximate surface area is 166 Å². The van der Waals surface area contributed by atoms with Gasteiger partial charge in [0.1, 0.15) is 12.0 Å². The van der Waals surface area contributed by atoms with Crippen LogP contribution in [0.3, 0.4) is 0 Å². The van der Waals surface area contributed by atoms with Crippen molar-refractivity contribution < 1.29 is 9.15 Å². The topological polar surface area (TPSA) is 41.7 Å². The molecule has 0 unspecified atom stereocenters. The molecule has 1 aliphatic rings. The predicted molar refractivity (Wildman–Crippen MR) is 112 cm³/mol. The van der Waals surface area contributed by atoms with Gasteiger partial charge in [0, 0.05) is 31.9 Å². The number of anilines is 2. The second kappa shape index (κ2) is 8.38. The van der Waals surface area contributed by atoms with Crippen LogP contribution in [0.15, 0.2) is 59.2 Å². The Morgan fingerprint density at radius 1 is 1.04 bits per heavy atom. The molecule has 0 saturated carbocycles. The molecule has 146 valence electrons. The van der Waals surface area contributed by atoms with Gasteiger partial charge < -0.3 is 19.0 Å². The van der Waals surface area contributed by atoms with E-state index in [2.05, 4.69) is 51.2 Å². The van der Waals surface area contributed by atoms with E-state index in [0.29, 0.717) is 12.6 Å². The van der Waals surface area contributed by atoms with Crippen LogP contribution in [-0.2, 0) is 13.1 Å². The van der Waals surface area contributed by atoms with Gasteiger partial charge in [0.15, 0.2) is 0 Å². The van der Waals surface area contributed by atoms with Gasteiger partial charge >= 0.3 is 0 Å². The summed E-state index contributed by atoms with van der Waals surface area (Å²) in [5.41, 5.74) is 4.60. The van der Waals surface area contributed by atoms with E-state index in [1.807, 2.05) is 19.1 Å². The second-order valence-electron chi connectivity index (χ2n) is 7.34. The van der Waals surface area contributed by atoms with Crippen LogP contribution in [0.5, 0.6) is 5.75 Å². The van der Waals surface area contributed by atoms with E-state index in [0.717, 1.165) is 36.6 Å². The number of oxazole rings is 1. The molecule has 1 aliphatic heterocycles. The van der Waals surface area contributed by atoms with Gasteiger partial charge in [-0.05, 0) is 55.2 Å². The van der Waals surface area contributed by atoms with Crippen LogP contribution in [-0.4, -0.2) is 25.2 Å². The number of ether oxygens (including phenoxy) is 1. The number of benzene rings is 2. The van der Waals surface area contributed by atoms with Crippen molar-refractivity contribution in [1.82, 2.24) is 4.98 Å². The Morgan fingerprint density at radius 2 is 1.75 bits per heavy atom. The van der Waals surface area contributed by atoms with Gasteiger partial charge in [-0.25, -0.2) is 0 Å². The standard InChI is InChI=1S/C23H27N3O2/c1-18-17-28-23(24-18)26(16-20-8-6-10-22(14-20)27-2)15-19-7-5-9-21(13-19)25-11-3-4-12-25/h5-10,13-14,17H,3-4,11-12,15-16H2,1-2H3. The molecule has 0 bridgehead atoms. The third kappa shape index (κ3) is 4.30. The predicted octanol–water partition coefficient (Wildman–Crippen LogP) is 4.80. The van der Waals surface area contributed by atoms with Crippen LogP contribution in [0.25, 0.3) is 0 Å². The highest BCUT2D eigenvalue weighted by Crippen LogP contribution is 2.25. The van der Waals surface area contributed by atoms with Gasteiger partial charge in [-0.3, -0.25) is 0 Å².